The molecule has 0 amide bonds. The summed E-state index contributed by atoms with van der Waals surface area (Å²) in [5.74, 6) is 2.05. The lowest BCUT2D eigenvalue weighted by molar-refractivity contribution is 0.122. The van der Waals surface area contributed by atoms with Crippen molar-refractivity contribution < 1.29 is 9.47 Å². The van der Waals surface area contributed by atoms with Gasteiger partial charge in [-0.1, -0.05) is 26.0 Å². The number of ether oxygens (including phenoxy) is 2. The van der Waals surface area contributed by atoms with Crippen molar-refractivity contribution in [2.75, 3.05) is 48.9 Å². The zero-order valence-electron chi connectivity index (χ0n) is 20.1. The van der Waals surface area contributed by atoms with Gasteiger partial charge in [0, 0.05) is 35.0 Å². The van der Waals surface area contributed by atoms with Gasteiger partial charge in [-0.25, -0.2) is 4.98 Å². The minimum Gasteiger partial charge on any atom is -0.494 e. The summed E-state index contributed by atoms with van der Waals surface area (Å²) in [6.45, 7) is 7.63. The van der Waals surface area contributed by atoms with E-state index in [0.717, 1.165) is 65.1 Å². The molecular weight excluding hydrogens is 478 g/mol. The molecule has 0 atom stereocenters. The van der Waals surface area contributed by atoms with Crippen molar-refractivity contribution in [3.63, 3.8) is 0 Å². The lowest BCUT2D eigenvalue weighted by atomic mass is 10.2. The molecule has 35 heavy (non-hydrogen) atoms. The minimum absolute atomic E-state index is 0.482. The molecular formula is C26H29N5O2S2. The van der Waals surface area contributed by atoms with Crippen LogP contribution in [0.4, 0.5) is 28.8 Å². The first-order chi connectivity index (χ1) is 17.1. The molecule has 9 heteroatoms. The van der Waals surface area contributed by atoms with Gasteiger partial charge in [-0.05, 0) is 35.7 Å². The Balaban J connectivity index is 1.44. The highest BCUT2D eigenvalue weighted by Crippen LogP contribution is 2.37. The van der Waals surface area contributed by atoms with Gasteiger partial charge in [0.15, 0.2) is 5.82 Å². The largest absolute Gasteiger partial charge is 0.494 e. The monoisotopic (exact) mass is 507 g/mol. The Morgan fingerprint density at radius 1 is 1.03 bits per heavy atom. The molecule has 0 aliphatic carbocycles. The summed E-state index contributed by atoms with van der Waals surface area (Å²) >= 11 is 3.46. The number of anilines is 5. The Labute approximate surface area is 213 Å². The molecule has 0 bridgehead atoms. The molecule has 0 saturated carbocycles. The van der Waals surface area contributed by atoms with Gasteiger partial charge in [-0.2, -0.15) is 4.98 Å². The molecule has 4 aromatic rings. The minimum atomic E-state index is 0.482. The molecule has 2 aromatic carbocycles. The number of hydrogen-bond acceptors (Lipinski definition) is 9. The van der Waals surface area contributed by atoms with E-state index in [2.05, 4.69) is 59.7 Å². The molecule has 1 fully saturated rings. The third-order valence-electron chi connectivity index (χ3n) is 5.61. The highest BCUT2D eigenvalue weighted by Gasteiger charge is 2.16. The fourth-order valence-electron chi connectivity index (χ4n) is 3.98. The van der Waals surface area contributed by atoms with Crippen LogP contribution in [0, 0.1) is 0 Å². The summed E-state index contributed by atoms with van der Waals surface area (Å²) < 4.78 is 12.2. The third-order valence-corrected chi connectivity index (χ3v) is 7.61. The lowest BCUT2D eigenvalue weighted by Crippen LogP contribution is -2.36. The van der Waals surface area contributed by atoms with Crippen LogP contribution < -0.4 is 20.3 Å². The number of nitrogens with zero attached hydrogens (tertiary/aromatic N) is 3. The zero-order chi connectivity index (χ0) is 24.2. The van der Waals surface area contributed by atoms with E-state index in [0.29, 0.717) is 11.2 Å². The van der Waals surface area contributed by atoms with E-state index in [9.17, 15) is 0 Å². The molecule has 0 radical (unpaired) electrons. The van der Waals surface area contributed by atoms with Gasteiger partial charge >= 0.3 is 0 Å². The summed E-state index contributed by atoms with van der Waals surface area (Å²) in [5.41, 5.74) is 3.87. The maximum Gasteiger partial charge on any atom is 0.229 e. The van der Waals surface area contributed by atoms with Crippen molar-refractivity contribution in [3.8, 4) is 5.75 Å². The number of rotatable bonds is 8. The van der Waals surface area contributed by atoms with Crippen LogP contribution in [-0.2, 0) is 4.74 Å². The smallest absolute Gasteiger partial charge is 0.229 e. The fourth-order valence-corrected chi connectivity index (χ4v) is 5.67. The van der Waals surface area contributed by atoms with Gasteiger partial charge in [0.1, 0.15) is 5.75 Å². The predicted octanol–water partition coefficient (Wildman–Crippen LogP) is 6.52. The summed E-state index contributed by atoms with van der Waals surface area (Å²) in [6, 6.07) is 16.5. The van der Waals surface area contributed by atoms with Crippen molar-refractivity contribution in [3.05, 3.63) is 53.9 Å². The van der Waals surface area contributed by atoms with Crippen LogP contribution in [-0.4, -0.2) is 48.6 Å². The zero-order valence-corrected chi connectivity index (χ0v) is 21.7. The van der Waals surface area contributed by atoms with E-state index in [1.54, 1.807) is 18.4 Å². The number of aromatic nitrogens is 2. The van der Waals surface area contributed by atoms with Gasteiger partial charge in [0.25, 0.3) is 0 Å². The number of thiophene rings is 1. The lowest BCUT2D eigenvalue weighted by Gasteiger charge is -2.29. The van der Waals surface area contributed by atoms with E-state index in [4.69, 9.17) is 19.4 Å². The molecule has 1 aliphatic heterocycles. The van der Waals surface area contributed by atoms with Crippen LogP contribution >= 0.6 is 23.1 Å². The number of nitrogens with one attached hydrogen (secondary N) is 2. The molecule has 0 spiro atoms. The molecule has 1 saturated heterocycles. The Kier molecular flexibility index (Phi) is 7.26. The van der Waals surface area contributed by atoms with Crippen molar-refractivity contribution in [2.24, 2.45) is 0 Å². The number of benzene rings is 2. The van der Waals surface area contributed by atoms with Crippen LogP contribution in [0.5, 0.6) is 5.75 Å². The average Bonchev–Trinajstić information content (AvgIpc) is 3.35. The number of morpholine rings is 1. The van der Waals surface area contributed by atoms with Gasteiger partial charge < -0.3 is 25.0 Å². The SMILES string of the molecule is COc1cc(N2CCOCC2)ccc1Nc1nc(Nc2ccccc2SC(C)C)c2sccc2n1. The second-order valence-corrected chi connectivity index (χ2v) is 11.0. The predicted molar refractivity (Wildman–Crippen MR) is 147 cm³/mol. The van der Waals surface area contributed by atoms with Crippen molar-refractivity contribution in [1.29, 1.82) is 0 Å². The molecule has 5 rings (SSSR count). The first-order valence-corrected chi connectivity index (χ1v) is 13.4. The molecule has 2 aromatic heterocycles. The van der Waals surface area contributed by atoms with Gasteiger partial charge in [0.05, 0.1) is 41.9 Å². The number of para-hydroxylation sites is 1. The number of fused-ring (bicyclic) bond motifs is 1. The van der Waals surface area contributed by atoms with Crippen molar-refractivity contribution in [2.45, 2.75) is 24.0 Å². The van der Waals surface area contributed by atoms with Gasteiger partial charge in [-0.15, -0.1) is 23.1 Å². The standard InChI is InChI=1S/C26H29N5O2S2/c1-17(2)35-23-7-5-4-6-20(23)27-25-24-21(10-15-34-24)29-26(30-25)28-19-9-8-18(16-22(19)32-3)31-11-13-33-14-12-31/h4-10,15-17H,11-14H2,1-3H3,(H2,27,28,29,30). The molecule has 7 nitrogen and oxygen atoms in total. The van der Waals surface area contributed by atoms with Crippen LogP contribution in [0.3, 0.4) is 0 Å². The van der Waals surface area contributed by atoms with E-state index < -0.39 is 0 Å². The highest BCUT2D eigenvalue weighted by molar-refractivity contribution is 8.00. The van der Waals surface area contributed by atoms with Crippen molar-refractivity contribution >= 4 is 62.1 Å². The van der Waals surface area contributed by atoms with Gasteiger partial charge in [0.2, 0.25) is 5.95 Å². The second-order valence-electron chi connectivity index (χ2n) is 8.43. The maximum absolute atomic E-state index is 5.71. The Bertz CT molecular complexity index is 1300. The average molecular weight is 508 g/mol. The number of hydrogen-bond donors (Lipinski definition) is 2. The third kappa shape index (κ3) is 5.47. The topological polar surface area (TPSA) is 71.5 Å². The summed E-state index contributed by atoms with van der Waals surface area (Å²) in [7, 11) is 1.68. The van der Waals surface area contributed by atoms with Crippen LogP contribution in [0.2, 0.25) is 0 Å². The molecule has 0 unspecified atom stereocenters. The summed E-state index contributed by atoms with van der Waals surface area (Å²) in [4.78, 5) is 13.1. The van der Waals surface area contributed by atoms with Crippen LogP contribution in [0.25, 0.3) is 10.2 Å². The number of methoxy groups -OCH3 is 1. The summed E-state index contributed by atoms with van der Waals surface area (Å²) in [6.07, 6.45) is 0. The first kappa shape index (κ1) is 23.7. The van der Waals surface area contributed by atoms with Crippen molar-refractivity contribution in [1.82, 2.24) is 9.97 Å². The van der Waals surface area contributed by atoms with Gasteiger partial charge in [-0.3, -0.25) is 0 Å². The molecule has 182 valence electrons. The Hall–Kier alpha value is -3.01. The van der Waals surface area contributed by atoms with Crippen LogP contribution in [0.15, 0.2) is 58.8 Å². The van der Waals surface area contributed by atoms with E-state index in [-0.39, 0.29) is 0 Å². The summed E-state index contributed by atoms with van der Waals surface area (Å²) in [5, 5.41) is 9.46. The Morgan fingerprint density at radius 3 is 2.66 bits per heavy atom. The number of thioether (sulfide) groups is 1. The normalized spacial score (nSPS) is 13.9. The first-order valence-electron chi connectivity index (χ1n) is 11.7. The van der Waals surface area contributed by atoms with E-state index >= 15 is 0 Å². The fraction of sp³-hybridized carbons (Fsp3) is 0.308. The van der Waals surface area contributed by atoms with E-state index in [1.807, 2.05) is 35.3 Å². The molecule has 1 aliphatic rings. The molecule has 3 heterocycles. The van der Waals surface area contributed by atoms with Crippen LogP contribution in [0.1, 0.15) is 13.8 Å². The Morgan fingerprint density at radius 2 is 1.86 bits per heavy atom. The quantitative estimate of drug-likeness (QED) is 0.261. The second kappa shape index (κ2) is 10.7. The maximum atomic E-state index is 5.71. The van der Waals surface area contributed by atoms with E-state index in [1.165, 1.54) is 4.90 Å². The molecule has 2 N–H and O–H groups in total. The highest BCUT2D eigenvalue weighted by atomic mass is 32.2.